The molecule has 0 saturated carbocycles. The highest BCUT2D eigenvalue weighted by Crippen LogP contribution is 2.40. The van der Waals surface area contributed by atoms with Gasteiger partial charge in [-0.25, -0.2) is 0 Å². The number of carbonyl (C=O) groups excluding carboxylic acids is 7. The number of hydrogen-bond acceptors (Lipinski definition) is 11. The van der Waals surface area contributed by atoms with Crippen molar-refractivity contribution in [1.29, 1.82) is 0 Å². The van der Waals surface area contributed by atoms with Gasteiger partial charge in [0.25, 0.3) is 0 Å². The molecule has 0 spiro atoms. The normalized spacial score (nSPS) is 18.0. The van der Waals surface area contributed by atoms with Crippen LogP contribution >= 0.6 is 0 Å². The zero-order valence-electron chi connectivity index (χ0n) is 40.3. The Morgan fingerprint density at radius 1 is 0.736 bits per heavy atom. The second-order valence-corrected chi connectivity index (χ2v) is 19.4. The first-order valence-corrected chi connectivity index (χ1v) is 24.7. The summed E-state index contributed by atoms with van der Waals surface area (Å²) in [5.74, 6) is -3.00. The first-order chi connectivity index (χ1) is 34.8. The Morgan fingerprint density at radius 3 is 1.99 bits per heavy atom. The minimum absolute atomic E-state index is 0.0505. The zero-order chi connectivity index (χ0) is 50.8. The number of H-pyrrole nitrogens is 1. The fraction of sp³-hybridized carbons (Fsp3) is 0.364. The maximum absolute atomic E-state index is 16.0. The number of ketones is 2. The largest absolute Gasteiger partial charge is 0.369 e. The highest BCUT2D eigenvalue weighted by Gasteiger charge is 2.57. The SMILES string of the molecule is NCCCC[C@H](NC(=O)CCC1(C(=O)C(CNC(=O)[C@@H](Cc2c[nH]c3ccccc23)NC(=O)CNC(=O)CN)(Cc2ccc3ccccc3c2)Cc2ccc3ccccc3c2)CN1)C(=O)C1CN1CC(N)=O. The minimum Gasteiger partial charge on any atom is -0.369 e. The smallest absolute Gasteiger partial charge is 0.242 e. The van der Waals surface area contributed by atoms with Crippen LogP contribution in [0.2, 0.25) is 0 Å². The number of primary amides is 1. The van der Waals surface area contributed by atoms with E-state index in [1.807, 2.05) is 97.1 Å². The second kappa shape index (κ2) is 22.8. The van der Waals surface area contributed by atoms with Gasteiger partial charge in [-0.05, 0) is 89.4 Å². The molecule has 17 nitrogen and oxygen atoms in total. The summed E-state index contributed by atoms with van der Waals surface area (Å²) >= 11 is 0. The van der Waals surface area contributed by atoms with Gasteiger partial charge in [-0.3, -0.25) is 38.5 Å². The number of aromatic amines is 1. The summed E-state index contributed by atoms with van der Waals surface area (Å²) in [5, 5.41) is 19.6. The van der Waals surface area contributed by atoms with Crippen LogP contribution in [0, 0.1) is 5.41 Å². The third-order valence-electron chi connectivity index (χ3n) is 14.0. The molecule has 5 atom stereocenters. The summed E-state index contributed by atoms with van der Waals surface area (Å²) in [6.45, 7) is 0.169. The minimum atomic E-state index is -1.33. The first kappa shape index (κ1) is 51.1. The Bertz CT molecular complexity index is 2900. The maximum atomic E-state index is 16.0. The molecule has 5 amide bonds. The molecule has 0 radical (unpaired) electrons. The fourth-order valence-corrected chi connectivity index (χ4v) is 10.0. The number of amides is 5. The van der Waals surface area contributed by atoms with Gasteiger partial charge in [0, 0.05) is 49.6 Å². The summed E-state index contributed by atoms with van der Waals surface area (Å²) < 4.78 is 0. The Hall–Kier alpha value is -7.31. The van der Waals surface area contributed by atoms with E-state index < -0.39 is 65.2 Å². The van der Waals surface area contributed by atoms with E-state index in [1.54, 1.807) is 11.1 Å². The van der Waals surface area contributed by atoms with Crippen molar-refractivity contribution in [2.45, 2.75) is 75.0 Å². The number of rotatable bonds is 27. The second-order valence-electron chi connectivity index (χ2n) is 19.4. The fourth-order valence-electron chi connectivity index (χ4n) is 10.0. The molecule has 2 fully saturated rings. The molecule has 2 aliphatic heterocycles. The molecular formula is C55H64N10O7. The van der Waals surface area contributed by atoms with E-state index in [1.165, 1.54) is 0 Å². The van der Waals surface area contributed by atoms with E-state index in [9.17, 15) is 28.8 Å². The monoisotopic (exact) mass is 976 g/mol. The first-order valence-electron chi connectivity index (χ1n) is 24.7. The summed E-state index contributed by atoms with van der Waals surface area (Å²) in [4.78, 5) is 100. The van der Waals surface area contributed by atoms with Crippen LogP contribution in [-0.2, 0) is 52.8 Å². The molecule has 0 bridgehead atoms. The van der Waals surface area contributed by atoms with Crippen LogP contribution in [0.4, 0.5) is 0 Å². The van der Waals surface area contributed by atoms with Crippen molar-refractivity contribution >= 4 is 73.6 Å². The molecule has 1 aromatic heterocycles. The number of unbranched alkanes of at least 4 members (excludes halogenated alkanes) is 1. The summed E-state index contributed by atoms with van der Waals surface area (Å²) in [5.41, 5.74) is 17.5. The van der Waals surface area contributed by atoms with E-state index in [4.69, 9.17) is 17.2 Å². The molecule has 5 aromatic carbocycles. The van der Waals surface area contributed by atoms with Crippen LogP contribution < -0.4 is 43.8 Å². The van der Waals surface area contributed by atoms with Crippen molar-refractivity contribution in [3.05, 3.63) is 132 Å². The van der Waals surface area contributed by atoms with Crippen LogP contribution in [0.5, 0.6) is 0 Å². The van der Waals surface area contributed by atoms with Gasteiger partial charge in [-0.2, -0.15) is 0 Å². The van der Waals surface area contributed by atoms with E-state index >= 15 is 4.79 Å². The van der Waals surface area contributed by atoms with Crippen molar-refractivity contribution in [2.75, 3.05) is 45.8 Å². The molecular weight excluding hydrogens is 913 g/mol. The van der Waals surface area contributed by atoms with Crippen molar-refractivity contribution in [1.82, 2.24) is 36.5 Å². The number of nitrogens with zero attached hydrogens (tertiary/aromatic N) is 1. The Kier molecular flexibility index (Phi) is 16.2. The lowest BCUT2D eigenvalue weighted by Crippen LogP contribution is -2.56. The Labute approximate surface area is 417 Å². The summed E-state index contributed by atoms with van der Waals surface area (Å²) in [6.07, 6.45) is 3.94. The Morgan fingerprint density at radius 2 is 1.36 bits per heavy atom. The maximum Gasteiger partial charge on any atom is 0.242 e. The lowest BCUT2D eigenvalue weighted by Gasteiger charge is -2.36. The number of Topliss-reactive ketones (excluding diaryl/α,β-unsaturated/α-hetero) is 2. The topological polar surface area (TPSA) is 286 Å². The van der Waals surface area contributed by atoms with Gasteiger partial charge in [0.05, 0.1) is 42.7 Å². The molecule has 3 heterocycles. The van der Waals surface area contributed by atoms with Gasteiger partial charge in [0.1, 0.15) is 6.04 Å². The van der Waals surface area contributed by atoms with Gasteiger partial charge in [0.15, 0.2) is 11.6 Å². The van der Waals surface area contributed by atoms with Gasteiger partial charge in [0.2, 0.25) is 29.5 Å². The summed E-state index contributed by atoms with van der Waals surface area (Å²) in [7, 11) is 0. The predicted molar refractivity (Wildman–Crippen MR) is 276 cm³/mol. The highest BCUT2D eigenvalue weighted by molar-refractivity contribution is 6.00. The van der Waals surface area contributed by atoms with Crippen LogP contribution in [0.25, 0.3) is 32.4 Å². The van der Waals surface area contributed by atoms with E-state index in [2.05, 4.69) is 43.7 Å². The van der Waals surface area contributed by atoms with Gasteiger partial charge in [-0.1, -0.05) is 103 Å². The predicted octanol–water partition coefficient (Wildman–Crippen LogP) is 2.21. The molecule has 2 saturated heterocycles. The van der Waals surface area contributed by atoms with Gasteiger partial charge in [-0.15, -0.1) is 0 Å². The van der Waals surface area contributed by atoms with Gasteiger partial charge < -0.3 is 48.8 Å². The van der Waals surface area contributed by atoms with Gasteiger partial charge >= 0.3 is 0 Å². The number of nitrogens with one attached hydrogen (secondary N) is 6. The molecule has 8 rings (SSSR count). The zero-order valence-corrected chi connectivity index (χ0v) is 40.3. The average Bonchev–Trinajstić information content (AvgIpc) is 4.31. The molecule has 3 unspecified atom stereocenters. The molecule has 12 N–H and O–H groups in total. The third-order valence-corrected chi connectivity index (χ3v) is 14.0. The third kappa shape index (κ3) is 12.6. The number of benzene rings is 5. The number of nitrogens with two attached hydrogens (primary N) is 3. The molecule has 0 aliphatic carbocycles. The van der Waals surface area contributed by atoms with Crippen molar-refractivity contribution in [3.63, 3.8) is 0 Å². The number of fused-ring (bicyclic) bond motifs is 3. The van der Waals surface area contributed by atoms with E-state index in [0.717, 1.165) is 49.1 Å². The molecule has 6 aromatic rings. The van der Waals surface area contributed by atoms with Crippen molar-refractivity contribution in [2.24, 2.45) is 22.6 Å². The van der Waals surface area contributed by atoms with E-state index in [0.29, 0.717) is 32.4 Å². The van der Waals surface area contributed by atoms with Crippen LogP contribution in [-0.4, -0.2) is 120 Å². The lowest BCUT2D eigenvalue weighted by atomic mass is 9.68. The van der Waals surface area contributed by atoms with Crippen molar-refractivity contribution < 1.29 is 33.6 Å². The molecule has 72 heavy (non-hydrogen) atoms. The standard InChI is InChI=1S/C55H64N10O7/c56-22-8-7-15-44(51(70)46-31-65(46)32-47(58)66)63-48(67)20-21-55(34-62-55)53(72)54(26-35-16-18-37-9-1-3-11-39(37)23-35,27-36-17-19-38-10-2-4-12-40(38)24-36)33-61-52(71)45(64-50(69)30-60-49(68)28-57)25-41-29-59-43-14-6-5-13-42(41)43/h1-6,9-14,16-19,23-24,29,44-46,59,62H,7-8,15,20-22,25-28,30-34,56-57H2,(H2,58,66)(H,60,68)(H,61,71)(H,63,67)(H,64,69)/t44-,45+,46?,55?,65?/m0/s1. The van der Waals surface area contributed by atoms with Crippen molar-refractivity contribution in [3.8, 4) is 0 Å². The van der Waals surface area contributed by atoms with Crippen LogP contribution in [0.1, 0.15) is 48.8 Å². The quantitative estimate of drug-likeness (QED) is 0.0267. The molecule has 17 heteroatoms. The summed E-state index contributed by atoms with van der Waals surface area (Å²) in [6, 6.07) is 33.2. The molecule has 2 aliphatic rings. The number of aromatic nitrogens is 1. The number of para-hydroxylation sites is 1. The number of hydrogen-bond donors (Lipinski definition) is 9. The van der Waals surface area contributed by atoms with E-state index in [-0.39, 0.29) is 69.8 Å². The average molecular weight is 977 g/mol. The molecule has 376 valence electrons. The lowest BCUT2D eigenvalue weighted by molar-refractivity contribution is -0.134. The number of carbonyl (C=O) groups is 7. The van der Waals surface area contributed by atoms with Crippen LogP contribution in [0.3, 0.4) is 0 Å². The highest BCUT2D eigenvalue weighted by atomic mass is 16.2. The Balaban J connectivity index is 1.12. The van der Waals surface area contributed by atoms with Crippen LogP contribution in [0.15, 0.2) is 115 Å².